The summed E-state index contributed by atoms with van der Waals surface area (Å²) in [7, 11) is 1.64. The van der Waals surface area contributed by atoms with E-state index >= 15 is 0 Å². The molecule has 0 saturated carbocycles. The van der Waals surface area contributed by atoms with Crippen LogP contribution in [0.5, 0.6) is 16.7 Å². The Morgan fingerprint density at radius 1 is 1.23 bits per heavy atom. The molecule has 0 spiro atoms. The zero-order valence-corrected chi connectivity index (χ0v) is 17.9. The molecule has 1 aliphatic rings. The number of fused-ring (bicyclic) bond motifs is 1. The quantitative estimate of drug-likeness (QED) is 0.613. The van der Waals surface area contributed by atoms with E-state index < -0.39 is 0 Å². The zero-order valence-electron chi connectivity index (χ0n) is 17.1. The molecule has 0 atom stereocenters. The van der Waals surface area contributed by atoms with Gasteiger partial charge in [-0.1, -0.05) is 23.5 Å². The summed E-state index contributed by atoms with van der Waals surface area (Å²) >= 11 is 1.53. The predicted molar refractivity (Wildman–Crippen MR) is 118 cm³/mol. The van der Waals surface area contributed by atoms with Gasteiger partial charge < -0.3 is 24.4 Å². The first kappa shape index (κ1) is 20.3. The number of nitrogens with one attached hydrogen (secondary N) is 1. The normalized spacial score (nSPS) is 14.5. The van der Waals surface area contributed by atoms with Gasteiger partial charge in [-0.25, -0.2) is 9.78 Å². The highest BCUT2D eigenvalue weighted by molar-refractivity contribution is 7.20. The smallest absolute Gasteiger partial charge is 0.321 e. The summed E-state index contributed by atoms with van der Waals surface area (Å²) in [5, 5.41) is 3.62. The SMILES string of the molecule is CCOc1ccccc1NC(=O)N1CCC(Oc2nc3cc(OC)ccc3s2)CC1. The van der Waals surface area contributed by atoms with Crippen molar-refractivity contribution >= 4 is 33.3 Å². The molecular weight excluding hydrogens is 402 g/mol. The summed E-state index contributed by atoms with van der Waals surface area (Å²) in [6.07, 6.45) is 1.58. The van der Waals surface area contributed by atoms with Gasteiger partial charge in [-0.05, 0) is 31.2 Å². The number of nitrogens with zero attached hydrogens (tertiary/aromatic N) is 2. The third kappa shape index (κ3) is 4.59. The molecule has 1 aromatic heterocycles. The molecule has 0 unspecified atom stereocenters. The molecule has 2 heterocycles. The maximum absolute atomic E-state index is 12.7. The van der Waals surface area contributed by atoms with Crippen molar-refractivity contribution in [3.8, 4) is 16.7 Å². The van der Waals surface area contributed by atoms with Crippen molar-refractivity contribution in [2.75, 3.05) is 32.1 Å². The molecule has 3 aromatic rings. The van der Waals surface area contributed by atoms with Gasteiger partial charge in [0.05, 0.1) is 29.6 Å². The van der Waals surface area contributed by atoms with Gasteiger partial charge in [0.2, 0.25) is 0 Å². The molecule has 2 aromatic carbocycles. The number of hydrogen-bond acceptors (Lipinski definition) is 6. The second-order valence-corrected chi connectivity index (χ2v) is 7.97. The van der Waals surface area contributed by atoms with Crippen molar-refractivity contribution in [1.29, 1.82) is 0 Å². The lowest BCUT2D eigenvalue weighted by Crippen LogP contribution is -2.43. The highest BCUT2D eigenvalue weighted by Gasteiger charge is 2.25. The maximum Gasteiger partial charge on any atom is 0.321 e. The van der Waals surface area contributed by atoms with Crippen LogP contribution in [0.15, 0.2) is 42.5 Å². The number of aromatic nitrogens is 1. The molecule has 30 heavy (non-hydrogen) atoms. The van der Waals surface area contributed by atoms with Crippen LogP contribution in [-0.2, 0) is 0 Å². The van der Waals surface area contributed by atoms with Gasteiger partial charge in [0.1, 0.15) is 17.6 Å². The van der Waals surface area contributed by atoms with Gasteiger partial charge in [-0.3, -0.25) is 0 Å². The molecule has 7 nitrogen and oxygen atoms in total. The number of methoxy groups -OCH3 is 1. The number of thiazole rings is 1. The van der Waals surface area contributed by atoms with Crippen LogP contribution in [0.25, 0.3) is 10.2 Å². The summed E-state index contributed by atoms with van der Waals surface area (Å²) < 4.78 is 18.0. The van der Waals surface area contributed by atoms with E-state index in [1.54, 1.807) is 7.11 Å². The molecule has 158 valence electrons. The number of likely N-dealkylation sites (tertiary alicyclic amines) is 1. The van der Waals surface area contributed by atoms with Crippen LogP contribution < -0.4 is 19.5 Å². The number of anilines is 1. The lowest BCUT2D eigenvalue weighted by molar-refractivity contribution is 0.115. The number of hydrogen-bond donors (Lipinski definition) is 1. The fraction of sp³-hybridized carbons (Fsp3) is 0.364. The van der Waals surface area contributed by atoms with Gasteiger partial charge in [-0.15, -0.1) is 0 Å². The van der Waals surface area contributed by atoms with Crippen LogP contribution >= 0.6 is 11.3 Å². The van der Waals surface area contributed by atoms with E-state index in [-0.39, 0.29) is 12.1 Å². The fourth-order valence-corrected chi connectivity index (χ4v) is 4.29. The standard InChI is InChI=1S/C22H25N3O4S/c1-3-28-19-7-5-4-6-17(19)23-21(26)25-12-10-15(11-13-25)29-22-24-18-14-16(27-2)8-9-20(18)30-22/h4-9,14-15H,3,10-13H2,1-2H3,(H,23,26). The topological polar surface area (TPSA) is 72.9 Å². The van der Waals surface area contributed by atoms with Crippen LogP contribution in [-0.4, -0.2) is 48.8 Å². The van der Waals surface area contributed by atoms with Crippen LogP contribution in [0.4, 0.5) is 10.5 Å². The molecule has 0 radical (unpaired) electrons. The van der Waals surface area contributed by atoms with E-state index in [0.29, 0.717) is 36.3 Å². The number of para-hydroxylation sites is 2. The van der Waals surface area contributed by atoms with E-state index in [2.05, 4.69) is 10.3 Å². The maximum atomic E-state index is 12.7. The molecule has 0 bridgehead atoms. The second-order valence-electron chi connectivity index (χ2n) is 6.98. The van der Waals surface area contributed by atoms with E-state index in [4.69, 9.17) is 14.2 Å². The Balaban J connectivity index is 1.32. The van der Waals surface area contributed by atoms with Crippen molar-refractivity contribution in [3.63, 3.8) is 0 Å². The Bertz CT molecular complexity index is 1010. The minimum Gasteiger partial charge on any atom is -0.497 e. The Morgan fingerprint density at radius 3 is 2.80 bits per heavy atom. The molecule has 4 rings (SSSR count). The van der Waals surface area contributed by atoms with Crippen molar-refractivity contribution in [2.45, 2.75) is 25.9 Å². The van der Waals surface area contributed by atoms with Crippen LogP contribution in [0, 0.1) is 0 Å². The van der Waals surface area contributed by atoms with E-state index in [1.807, 2.05) is 54.3 Å². The molecule has 1 saturated heterocycles. The number of piperidine rings is 1. The number of amides is 2. The van der Waals surface area contributed by atoms with E-state index in [9.17, 15) is 4.79 Å². The third-order valence-electron chi connectivity index (χ3n) is 5.00. The highest BCUT2D eigenvalue weighted by atomic mass is 32.1. The van der Waals surface area contributed by atoms with Gasteiger partial charge in [0.15, 0.2) is 0 Å². The number of rotatable bonds is 6. The lowest BCUT2D eigenvalue weighted by Gasteiger charge is -2.31. The van der Waals surface area contributed by atoms with E-state index in [0.717, 1.165) is 28.8 Å². The van der Waals surface area contributed by atoms with Crippen molar-refractivity contribution in [3.05, 3.63) is 42.5 Å². The van der Waals surface area contributed by atoms with E-state index in [1.165, 1.54) is 11.3 Å². The number of benzene rings is 2. The summed E-state index contributed by atoms with van der Waals surface area (Å²) in [5.41, 5.74) is 1.56. The molecule has 1 N–H and O–H groups in total. The average molecular weight is 428 g/mol. The Kier molecular flexibility index (Phi) is 6.23. The predicted octanol–water partition coefficient (Wildman–Crippen LogP) is 4.78. The number of carbonyl (C=O) groups excluding carboxylic acids is 1. The number of ether oxygens (including phenoxy) is 3. The Hall–Kier alpha value is -3.00. The van der Waals surface area contributed by atoms with Crippen molar-refractivity contribution in [2.24, 2.45) is 0 Å². The first-order valence-electron chi connectivity index (χ1n) is 10.0. The molecule has 1 aliphatic heterocycles. The summed E-state index contributed by atoms with van der Waals surface area (Å²) in [6.45, 7) is 3.73. The molecular formula is C22H25N3O4S. The third-order valence-corrected chi connectivity index (χ3v) is 5.93. The molecule has 0 aliphatic carbocycles. The zero-order chi connectivity index (χ0) is 20.9. The molecule has 1 fully saturated rings. The van der Waals surface area contributed by atoms with Crippen molar-refractivity contribution < 1.29 is 19.0 Å². The Labute approximate surface area is 179 Å². The number of urea groups is 1. The monoisotopic (exact) mass is 427 g/mol. The minimum absolute atomic E-state index is 0.0484. The lowest BCUT2D eigenvalue weighted by atomic mass is 10.1. The van der Waals surface area contributed by atoms with Gasteiger partial charge >= 0.3 is 6.03 Å². The first-order valence-corrected chi connectivity index (χ1v) is 10.9. The second kappa shape index (κ2) is 9.21. The highest BCUT2D eigenvalue weighted by Crippen LogP contribution is 2.32. The van der Waals surface area contributed by atoms with Gasteiger partial charge in [0.25, 0.3) is 5.19 Å². The van der Waals surface area contributed by atoms with Crippen LogP contribution in [0.3, 0.4) is 0 Å². The minimum atomic E-state index is -0.118. The summed E-state index contributed by atoms with van der Waals surface area (Å²) in [5.74, 6) is 1.46. The molecule has 8 heteroatoms. The number of carbonyl (C=O) groups is 1. The van der Waals surface area contributed by atoms with Crippen LogP contribution in [0.1, 0.15) is 19.8 Å². The average Bonchev–Trinajstić information content (AvgIpc) is 3.17. The van der Waals surface area contributed by atoms with Gasteiger partial charge in [-0.2, -0.15) is 0 Å². The van der Waals surface area contributed by atoms with Crippen LogP contribution in [0.2, 0.25) is 0 Å². The fourth-order valence-electron chi connectivity index (χ4n) is 3.43. The van der Waals surface area contributed by atoms with Gasteiger partial charge in [0, 0.05) is 32.0 Å². The Morgan fingerprint density at radius 2 is 2.03 bits per heavy atom. The van der Waals surface area contributed by atoms with Crippen molar-refractivity contribution in [1.82, 2.24) is 9.88 Å². The largest absolute Gasteiger partial charge is 0.497 e. The first-order chi connectivity index (χ1) is 14.7. The molecule has 2 amide bonds. The summed E-state index contributed by atoms with van der Waals surface area (Å²) in [4.78, 5) is 19.0. The summed E-state index contributed by atoms with van der Waals surface area (Å²) in [6, 6.07) is 13.2.